The average molecular weight is 272 g/mol. The molecule has 0 saturated heterocycles. The molecule has 0 aromatic heterocycles. The lowest BCUT2D eigenvalue weighted by Gasteiger charge is -2.26. The van der Waals surface area contributed by atoms with Crippen LogP contribution in [-0.2, 0) is 5.88 Å². The Bertz CT molecular complexity index is 346. The summed E-state index contributed by atoms with van der Waals surface area (Å²) in [6.45, 7) is 6.41. The number of hydrogen-bond donors (Lipinski definition) is 0. The van der Waals surface area contributed by atoms with Gasteiger partial charge in [-0.05, 0) is 36.6 Å². The van der Waals surface area contributed by atoms with E-state index in [4.69, 9.17) is 11.6 Å². The molecule has 3 heteroatoms. The van der Waals surface area contributed by atoms with Gasteiger partial charge in [0.2, 0.25) is 0 Å². The molecule has 1 aromatic carbocycles. The van der Waals surface area contributed by atoms with Gasteiger partial charge in [-0.3, -0.25) is 0 Å². The number of rotatable bonds is 8. The fourth-order valence-electron chi connectivity index (χ4n) is 2.02. The van der Waals surface area contributed by atoms with Crippen LogP contribution >= 0.6 is 11.6 Å². The van der Waals surface area contributed by atoms with E-state index >= 15 is 0 Å². The first-order chi connectivity index (χ1) is 8.72. The number of alkyl halides is 1. The van der Waals surface area contributed by atoms with Gasteiger partial charge in [-0.2, -0.15) is 0 Å². The third kappa shape index (κ3) is 4.49. The topological polar surface area (TPSA) is 3.24 Å². The van der Waals surface area contributed by atoms with Gasteiger partial charge in [-0.15, -0.1) is 11.6 Å². The van der Waals surface area contributed by atoms with Crippen molar-refractivity contribution in [3.8, 4) is 0 Å². The highest BCUT2D eigenvalue weighted by Gasteiger charge is 2.11. The molecular weight excluding hydrogens is 249 g/mol. The minimum Gasteiger partial charge on any atom is -0.371 e. The van der Waals surface area contributed by atoms with Crippen molar-refractivity contribution >= 4 is 17.3 Å². The van der Waals surface area contributed by atoms with Gasteiger partial charge in [0.15, 0.2) is 0 Å². The van der Waals surface area contributed by atoms with Crippen molar-refractivity contribution in [2.24, 2.45) is 0 Å². The van der Waals surface area contributed by atoms with Gasteiger partial charge in [0, 0.05) is 24.7 Å². The standard InChI is InChI=1S/C15H23ClFN/c1-3-5-9-18(10-6-4-2)15-8-7-14(17)11-13(15)12-16/h7-8,11H,3-6,9-10,12H2,1-2H3. The number of hydrogen-bond acceptors (Lipinski definition) is 1. The average Bonchev–Trinajstić information content (AvgIpc) is 2.39. The molecule has 0 aliphatic heterocycles. The first kappa shape index (κ1) is 15.3. The van der Waals surface area contributed by atoms with E-state index in [-0.39, 0.29) is 5.82 Å². The number of halogens is 2. The summed E-state index contributed by atoms with van der Waals surface area (Å²) in [6.07, 6.45) is 4.64. The summed E-state index contributed by atoms with van der Waals surface area (Å²) >= 11 is 5.92. The summed E-state index contributed by atoms with van der Waals surface area (Å²) in [6, 6.07) is 4.93. The molecule has 1 aromatic rings. The van der Waals surface area contributed by atoms with Crippen LogP contribution in [0.2, 0.25) is 0 Å². The van der Waals surface area contributed by atoms with Crippen LogP contribution < -0.4 is 4.90 Å². The Morgan fingerprint density at radius 1 is 1.11 bits per heavy atom. The van der Waals surface area contributed by atoms with E-state index in [1.165, 1.54) is 18.9 Å². The Kier molecular flexibility index (Phi) is 7.11. The van der Waals surface area contributed by atoms with Crippen molar-refractivity contribution in [1.82, 2.24) is 0 Å². The number of unbranched alkanes of at least 4 members (excludes halogenated alkanes) is 2. The maximum atomic E-state index is 13.2. The second-order valence-electron chi connectivity index (χ2n) is 4.60. The fourth-order valence-corrected chi connectivity index (χ4v) is 2.23. The molecule has 0 spiro atoms. The van der Waals surface area contributed by atoms with Gasteiger partial charge in [0.05, 0.1) is 0 Å². The van der Waals surface area contributed by atoms with E-state index in [0.29, 0.717) is 5.88 Å². The van der Waals surface area contributed by atoms with Crippen molar-refractivity contribution < 1.29 is 4.39 Å². The minimum absolute atomic E-state index is 0.208. The van der Waals surface area contributed by atoms with Gasteiger partial charge >= 0.3 is 0 Å². The number of benzene rings is 1. The largest absolute Gasteiger partial charge is 0.371 e. The van der Waals surface area contributed by atoms with Crippen LogP contribution in [-0.4, -0.2) is 13.1 Å². The van der Waals surface area contributed by atoms with E-state index in [1.807, 2.05) is 6.07 Å². The molecule has 0 radical (unpaired) electrons. The summed E-state index contributed by atoms with van der Waals surface area (Å²) in [4.78, 5) is 2.34. The molecule has 0 saturated carbocycles. The Hall–Kier alpha value is -0.760. The summed E-state index contributed by atoms with van der Waals surface area (Å²) in [7, 11) is 0. The summed E-state index contributed by atoms with van der Waals surface area (Å²) < 4.78 is 13.2. The lowest BCUT2D eigenvalue weighted by atomic mass is 10.1. The third-order valence-corrected chi connectivity index (χ3v) is 3.38. The zero-order valence-electron chi connectivity index (χ0n) is 11.4. The molecule has 0 heterocycles. The molecule has 0 fully saturated rings. The molecule has 0 unspecified atom stereocenters. The number of anilines is 1. The predicted molar refractivity (Wildman–Crippen MR) is 78.0 cm³/mol. The smallest absolute Gasteiger partial charge is 0.123 e. The first-order valence-electron chi connectivity index (χ1n) is 6.82. The molecule has 102 valence electrons. The van der Waals surface area contributed by atoms with Crippen molar-refractivity contribution in [2.45, 2.75) is 45.4 Å². The first-order valence-corrected chi connectivity index (χ1v) is 7.35. The van der Waals surface area contributed by atoms with E-state index in [0.717, 1.165) is 37.2 Å². The van der Waals surface area contributed by atoms with E-state index in [9.17, 15) is 4.39 Å². The van der Waals surface area contributed by atoms with Crippen LogP contribution in [0, 0.1) is 5.82 Å². The Morgan fingerprint density at radius 3 is 2.22 bits per heavy atom. The number of nitrogens with zero attached hydrogens (tertiary/aromatic N) is 1. The zero-order valence-corrected chi connectivity index (χ0v) is 12.1. The second kappa shape index (κ2) is 8.36. The highest BCUT2D eigenvalue weighted by molar-refractivity contribution is 6.17. The quantitative estimate of drug-likeness (QED) is 0.603. The summed E-state index contributed by atoms with van der Waals surface area (Å²) in [5, 5.41) is 0. The van der Waals surface area contributed by atoms with Gasteiger partial charge < -0.3 is 4.90 Å². The van der Waals surface area contributed by atoms with Gasteiger partial charge in [0.1, 0.15) is 5.82 Å². The van der Waals surface area contributed by atoms with Crippen molar-refractivity contribution in [2.75, 3.05) is 18.0 Å². The monoisotopic (exact) mass is 271 g/mol. The Balaban J connectivity index is 2.88. The lowest BCUT2D eigenvalue weighted by molar-refractivity contribution is 0.624. The van der Waals surface area contributed by atoms with Crippen LogP contribution in [0.15, 0.2) is 18.2 Å². The molecule has 18 heavy (non-hydrogen) atoms. The molecule has 1 nitrogen and oxygen atoms in total. The van der Waals surface area contributed by atoms with E-state index < -0.39 is 0 Å². The Morgan fingerprint density at radius 2 is 1.72 bits per heavy atom. The van der Waals surface area contributed by atoms with Crippen molar-refractivity contribution in [3.63, 3.8) is 0 Å². The predicted octanol–water partition coefficient (Wildman–Crippen LogP) is 4.97. The van der Waals surface area contributed by atoms with Crippen molar-refractivity contribution in [1.29, 1.82) is 0 Å². The third-order valence-electron chi connectivity index (χ3n) is 3.09. The van der Waals surface area contributed by atoms with Crippen LogP contribution in [0.25, 0.3) is 0 Å². The van der Waals surface area contributed by atoms with Crippen molar-refractivity contribution in [3.05, 3.63) is 29.6 Å². The SMILES string of the molecule is CCCCN(CCCC)c1ccc(F)cc1CCl. The molecule has 0 atom stereocenters. The maximum absolute atomic E-state index is 13.2. The molecule has 0 amide bonds. The van der Waals surface area contributed by atoms with Crippen LogP contribution in [0.4, 0.5) is 10.1 Å². The normalized spacial score (nSPS) is 10.7. The van der Waals surface area contributed by atoms with E-state index in [2.05, 4.69) is 18.7 Å². The molecule has 0 aliphatic rings. The van der Waals surface area contributed by atoms with Gasteiger partial charge in [-0.25, -0.2) is 4.39 Å². The summed E-state index contributed by atoms with van der Waals surface area (Å²) in [5.41, 5.74) is 1.98. The van der Waals surface area contributed by atoms with Crippen LogP contribution in [0.1, 0.15) is 45.1 Å². The minimum atomic E-state index is -0.208. The zero-order chi connectivity index (χ0) is 13.4. The lowest BCUT2D eigenvalue weighted by Crippen LogP contribution is -2.26. The second-order valence-corrected chi connectivity index (χ2v) is 4.87. The van der Waals surface area contributed by atoms with Gasteiger partial charge in [0.25, 0.3) is 0 Å². The van der Waals surface area contributed by atoms with Gasteiger partial charge in [-0.1, -0.05) is 26.7 Å². The Labute approximate surface area is 115 Å². The highest BCUT2D eigenvalue weighted by Crippen LogP contribution is 2.24. The molecule has 1 rings (SSSR count). The highest BCUT2D eigenvalue weighted by atomic mass is 35.5. The fraction of sp³-hybridized carbons (Fsp3) is 0.600. The maximum Gasteiger partial charge on any atom is 0.123 e. The van der Waals surface area contributed by atoms with E-state index in [1.54, 1.807) is 6.07 Å². The van der Waals surface area contributed by atoms with Crippen LogP contribution in [0.5, 0.6) is 0 Å². The molecular formula is C15H23ClFN. The molecule has 0 bridgehead atoms. The molecule has 0 N–H and O–H groups in total. The molecule has 0 aliphatic carbocycles. The summed E-state index contributed by atoms with van der Waals surface area (Å²) in [5.74, 6) is 0.155. The van der Waals surface area contributed by atoms with Crippen LogP contribution in [0.3, 0.4) is 0 Å².